The summed E-state index contributed by atoms with van der Waals surface area (Å²) in [5.41, 5.74) is 4.97. The summed E-state index contributed by atoms with van der Waals surface area (Å²) in [6, 6.07) is 10.6. The molecule has 42 heavy (non-hydrogen) atoms. The molecule has 2 aromatic carbocycles. The van der Waals surface area contributed by atoms with Gasteiger partial charge < -0.3 is 9.80 Å². The molecule has 2 saturated heterocycles. The van der Waals surface area contributed by atoms with Crippen LogP contribution in [-0.4, -0.2) is 57.6 Å². The fourth-order valence-electron chi connectivity index (χ4n) is 6.63. The molecule has 6 rings (SSSR count). The third kappa shape index (κ3) is 5.65. The molecule has 0 bridgehead atoms. The van der Waals surface area contributed by atoms with Crippen LogP contribution < -0.4 is 0 Å². The normalized spacial score (nSPS) is 21.6. The molecule has 1 aromatic heterocycles. The summed E-state index contributed by atoms with van der Waals surface area (Å²) in [4.78, 5) is 29.8. The van der Waals surface area contributed by atoms with Crippen LogP contribution in [0.5, 0.6) is 0 Å². The number of halogens is 5. The van der Waals surface area contributed by atoms with E-state index in [2.05, 4.69) is 10.2 Å². The Bertz CT molecular complexity index is 1460. The second-order valence-electron chi connectivity index (χ2n) is 11.5. The number of benzene rings is 2. The zero-order valence-corrected chi connectivity index (χ0v) is 24.4. The minimum absolute atomic E-state index is 0.0555. The molecule has 1 unspecified atom stereocenters. The Kier molecular flexibility index (Phi) is 8.00. The highest BCUT2D eigenvalue weighted by atomic mass is 35.5. The molecule has 0 radical (unpaired) electrons. The smallest absolute Gasteiger partial charge is 0.339 e. The Morgan fingerprint density at radius 2 is 1.67 bits per heavy atom. The minimum atomic E-state index is -4.22. The van der Waals surface area contributed by atoms with Crippen molar-refractivity contribution in [2.24, 2.45) is 11.8 Å². The topological polar surface area (TPSA) is 69.3 Å². The van der Waals surface area contributed by atoms with E-state index in [0.717, 1.165) is 53.6 Å². The van der Waals surface area contributed by atoms with E-state index in [0.29, 0.717) is 28.6 Å². The van der Waals surface area contributed by atoms with Crippen LogP contribution in [0.2, 0.25) is 10.0 Å². The molecule has 1 N–H and O–H groups in total. The van der Waals surface area contributed by atoms with Gasteiger partial charge in [-0.15, -0.1) is 0 Å². The number of fused-ring (bicyclic) bond motifs is 1. The number of likely N-dealkylation sites (tertiary alicyclic amines) is 2. The number of H-pyrrole nitrogens is 1. The second kappa shape index (κ2) is 11.6. The summed E-state index contributed by atoms with van der Waals surface area (Å²) >= 11 is 13.4. The Hall–Kier alpha value is -3.04. The first-order chi connectivity index (χ1) is 20.1. The van der Waals surface area contributed by atoms with Crippen molar-refractivity contribution in [2.45, 2.75) is 57.2 Å². The fourth-order valence-corrected chi connectivity index (χ4v) is 7.27. The number of hydrogen-bond donors (Lipinski definition) is 1. The maximum Gasteiger partial charge on any atom is 0.391 e. The predicted molar refractivity (Wildman–Crippen MR) is 154 cm³/mol. The number of carbonyl (C=O) groups excluding carboxylic acids is 2. The van der Waals surface area contributed by atoms with Gasteiger partial charge in [0.15, 0.2) is 0 Å². The highest BCUT2D eigenvalue weighted by molar-refractivity contribution is 6.36. The Morgan fingerprint density at radius 1 is 0.976 bits per heavy atom. The van der Waals surface area contributed by atoms with Gasteiger partial charge in [0.25, 0.3) is 5.91 Å². The first kappa shape index (κ1) is 29.1. The Balaban J connectivity index is 1.11. The minimum Gasteiger partial charge on any atom is -0.339 e. The number of carbonyl (C=O) groups is 2. The third-order valence-corrected chi connectivity index (χ3v) is 9.72. The van der Waals surface area contributed by atoms with E-state index in [1.165, 1.54) is 4.90 Å². The van der Waals surface area contributed by atoms with E-state index in [1.54, 1.807) is 24.3 Å². The number of rotatable bonds is 5. The molecule has 3 aromatic rings. The molecule has 2 atom stereocenters. The van der Waals surface area contributed by atoms with Crippen LogP contribution in [0.15, 0.2) is 42.6 Å². The fraction of sp³-hybridized carbons (Fsp3) is 0.452. The number of aromatic amines is 1. The van der Waals surface area contributed by atoms with Gasteiger partial charge in [-0.25, -0.2) is 0 Å². The molecular weight excluding hydrogens is 588 g/mol. The van der Waals surface area contributed by atoms with Gasteiger partial charge in [-0.05, 0) is 85.9 Å². The maximum atomic E-state index is 13.4. The molecule has 0 spiro atoms. The molecule has 11 heteroatoms. The quantitative estimate of drug-likeness (QED) is 0.327. The number of piperidine rings is 1. The van der Waals surface area contributed by atoms with Crippen molar-refractivity contribution < 1.29 is 22.8 Å². The monoisotopic (exact) mass is 618 g/mol. The van der Waals surface area contributed by atoms with Crippen molar-refractivity contribution in [3.05, 3.63) is 75.0 Å². The Labute approximate surface area is 252 Å². The van der Waals surface area contributed by atoms with Gasteiger partial charge in [-0.2, -0.15) is 18.3 Å². The first-order valence-electron chi connectivity index (χ1n) is 14.4. The standard InChI is InChI=1S/C31H31Cl2F3N4O2/c32-25-15-21(18-4-6-19(7-5-18)29(41)39-11-9-22(10-12-39)31(34,35)36)16-26(33)23(25)14-20-8-13-40(30(20)42)28-3-1-2-27-24(28)17-37-38-27/h4-7,15-17,20,22,28H,1-3,8-14H2,(H,37,38)/t20-,28?/m0/s1. The van der Waals surface area contributed by atoms with E-state index >= 15 is 0 Å². The predicted octanol–water partition coefficient (Wildman–Crippen LogP) is 7.27. The van der Waals surface area contributed by atoms with Gasteiger partial charge in [-0.3, -0.25) is 14.7 Å². The summed E-state index contributed by atoms with van der Waals surface area (Å²) in [7, 11) is 0. The van der Waals surface area contributed by atoms with Crippen LogP contribution in [0.3, 0.4) is 0 Å². The molecule has 6 nitrogen and oxygen atoms in total. The number of nitrogens with zero attached hydrogens (tertiary/aromatic N) is 3. The number of amides is 2. The number of aryl methyl sites for hydroxylation is 1. The summed E-state index contributed by atoms with van der Waals surface area (Å²) in [5.74, 6) is -1.71. The second-order valence-corrected chi connectivity index (χ2v) is 12.4. The van der Waals surface area contributed by atoms with Gasteiger partial charge in [0.05, 0.1) is 18.2 Å². The van der Waals surface area contributed by atoms with E-state index in [9.17, 15) is 22.8 Å². The number of aromatic nitrogens is 2. The highest BCUT2D eigenvalue weighted by Crippen LogP contribution is 2.40. The number of nitrogens with one attached hydrogen (secondary N) is 1. The lowest BCUT2D eigenvalue weighted by atomic mass is 9.91. The molecule has 1 aliphatic carbocycles. The molecule has 3 heterocycles. The summed E-state index contributed by atoms with van der Waals surface area (Å²) < 4.78 is 38.9. The number of alkyl halides is 3. The van der Waals surface area contributed by atoms with Crippen molar-refractivity contribution in [1.82, 2.24) is 20.0 Å². The van der Waals surface area contributed by atoms with Crippen LogP contribution in [0.4, 0.5) is 13.2 Å². The molecule has 222 valence electrons. The zero-order chi connectivity index (χ0) is 29.6. The van der Waals surface area contributed by atoms with Gasteiger partial charge in [-0.1, -0.05) is 35.3 Å². The van der Waals surface area contributed by atoms with Crippen molar-refractivity contribution in [3.63, 3.8) is 0 Å². The van der Waals surface area contributed by atoms with Gasteiger partial charge >= 0.3 is 6.18 Å². The molecule has 2 amide bonds. The van der Waals surface area contributed by atoms with Crippen molar-refractivity contribution >= 4 is 35.0 Å². The summed E-state index contributed by atoms with van der Waals surface area (Å²) in [6.07, 6.45) is 1.57. The summed E-state index contributed by atoms with van der Waals surface area (Å²) in [5, 5.41) is 8.21. The van der Waals surface area contributed by atoms with Crippen LogP contribution in [0.1, 0.15) is 65.3 Å². The maximum absolute atomic E-state index is 13.4. The van der Waals surface area contributed by atoms with Gasteiger partial charge in [0, 0.05) is 52.4 Å². The zero-order valence-electron chi connectivity index (χ0n) is 22.9. The highest BCUT2D eigenvalue weighted by Gasteiger charge is 2.42. The lowest BCUT2D eigenvalue weighted by Gasteiger charge is -2.33. The van der Waals surface area contributed by atoms with Crippen LogP contribution in [0, 0.1) is 11.8 Å². The van der Waals surface area contributed by atoms with E-state index in [-0.39, 0.29) is 49.7 Å². The van der Waals surface area contributed by atoms with Crippen molar-refractivity contribution in [2.75, 3.05) is 19.6 Å². The van der Waals surface area contributed by atoms with Gasteiger partial charge in [0.2, 0.25) is 5.91 Å². The van der Waals surface area contributed by atoms with Crippen LogP contribution >= 0.6 is 23.2 Å². The lowest BCUT2D eigenvalue weighted by molar-refractivity contribution is -0.183. The number of hydrogen-bond acceptors (Lipinski definition) is 3. The Morgan fingerprint density at radius 3 is 2.33 bits per heavy atom. The molecule has 3 aliphatic rings. The third-order valence-electron chi connectivity index (χ3n) is 9.04. The largest absolute Gasteiger partial charge is 0.391 e. The van der Waals surface area contributed by atoms with Crippen LogP contribution in [-0.2, 0) is 17.6 Å². The average molecular weight is 620 g/mol. The first-order valence-corrected chi connectivity index (χ1v) is 15.1. The molecule has 2 fully saturated rings. The summed E-state index contributed by atoms with van der Waals surface area (Å²) in [6.45, 7) is 0.866. The lowest BCUT2D eigenvalue weighted by Crippen LogP contribution is -2.42. The molecule has 2 aliphatic heterocycles. The van der Waals surface area contributed by atoms with Crippen molar-refractivity contribution in [3.8, 4) is 11.1 Å². The van der Waals surface area contributed by atoms with Crippen LogP contribution in [0.25, 0.3) is 11.1 Å². The molecule has 0 saturated carbocycles. The van der Waals surface area contributed by atoms with Gasteiger partial charge in [0.1, 0.15) is 0 Å². The SMILES string of the molecule is O=C(c1ccc(-c2cc(Cl)c(C[C@@H]3CCN(C4CCCc5[nH]ncc54)C3=O)c(Cl)c2)cc1)N1CCC(C(F)(F)F)CC1. The van der Waals surface area contributed by atoms with Crippen molar-refractivity contribution in [1.29, 1.82) is 0 Å². The van der Waals surface area contributed by atoms with E-state index in [4.69, 9.17) is 23.2 Å². The van der Waals surface area contributed by atoms with E-state index in [1.807, 2.05) is 23.2 Å². The average Bonchev–Trinajstić information content (AvgIpc) is 3.60. The van der Waals surface area contributed by atoms with E-state index < -0.39 is 12.1 Å². The molecular formula is C31H31Cl2F3N4O2.